The molecule has 1 saturated heterocycles. The zero-order valence-corrected chi connectivity index (χ0v) is 10.4. The van der Waals surface area contributed by atoms with Crippen LogP contribution in [-0.4, -0.2) is 55.0 Å². The van der Waals surface area contributed by atoms with E-state index in [0.29, 0.717) is 4.68 Å². The second-order valence-corrected chi connectivity index (χ2v) is 4.47. The van der Waals surface area contributed by atoms with Gasteiger partial charge in [-0.3, -0.25) is 9.78 Å². The van der Waals surface area contributed by atoms with E-state index < -0.39 is 42.4 Å². The lowest BCUT2D eigenvalue weighted by molar-refractivity contribution is -0.0620. The molecule has 2 rings (SSSR count). The van der Waals surface area contributed by atoms with E-state index in [0.717, 1.165) is 0 Å². The average Bonchev–Trinajstić information content (AvgIpc) is 2.61. The van der Waals surface area contributed by atoms with Crippen molar-refractivity contribution in [3.63, 3.8) is 0 Å². The topological polar surface area (TPSA) is 138 Å². The number of H-pyrrole nitrogens is 1. The molecule has 2 unspecified atom stereocenters. The van der Waals surface area contributed by atoms with Crippen LogP contribution >= 0.6 is 15.9 Å². The number of rotatable bonds is 2. The summed E-state index contributed by atoms with van der Waals surface area (Å²) in [5.41, 5.74) is -1.61. The second-order valence-electron chi connectivity index (χ2n) is 3.72. The Bertz CT molecular complexity index is 556. The lowest BCUT2D eigenvalue weighted by Gasteiger charge is -2.15. The van der Waals surface area contributed by atoms with Crippen molar-refractivity contribution in [2.75, 3.05) is 6.61 Å². The van der Waals surface area contributed by atoms with Crippen molar-refractivity contribution >= 4 is 15.9 Å². The molecule has 1 aromatic heterocycles. The highest BCUT2D eigenvalue weighted by atomic mass is 79.9. The van der Waals surface area contributed by atoms with Crippen LogP contribution in [0.25, 0.3) is 0 Å². The van der Waals surface area contributed by atoms with E-state index >= 15 is 0 Å². The molecule has 4 atom stereocenters. The van der Waals surface area contributed by atoms with Gasteiger partial charge in [0, 0.05) is 0 Å². The smallest absolute Gasteiger partial charge is 0.347 e. The summed E-state index contributed by atoms with van der Waals surface area (Å²) in [6.45, 7) is -0.520. The van der Waals surface area contributed by atoms with Crippen LogP contribution in [0.2, 0.25) is 0 Å². The van der Waals surface area contributed by atoms with Crippen LogP contribution in [0.4, 0.5) is 0 Å². The van der Waals surface area contributed by atoms with E-state index in [2.05, 4.69) is 21.0 Å². The molecule has 100 valence electrons. The molecule has 0 amide bonds. The summed E-state index contributed by atoms with van der Waals surface area (Å²) in [5.74, 6) is 0. The van der Waals surface area contributed by atoms with Crippen molar-refractivity contribution in [3.8, 4) is 0 Å². The summed E-state index contributed by atoms with van der Waals surface area (Å²) >= 11 is 2.83. The zero-order chi connectivity index (χ0) is 13.4. The fraction of sp³-hybridized carbons (Fsp3) is 0.625. The minimum absolute atomic E-state index is 0.167. The van der Waals surface area contributed by atoms with E-state index in [9.17, 15) is 19.8 Å². The summed E-state index contributed by atoms with van der Waals surface area (Å²) in [5, 5.41) is 31.8. The molecule has 0 radical (unpaired) electrons. The number of ether oxygens (including phenoxy) is 1. The Morgan fingerprint density at radius 2 is 2.06 bits per heavy atom. The number of aromatic amines is 1. The Labute approximate surface area is 108 Å². The molecule has 10 heteroatoms. The van der Waals surface area contributed by atoms with E-state index in [1.165, 1.54) is 0 Å². The summed E-state index contributed by atoms with van der Waals surface area (Å²) in [4.78, 5) is 24.6. The van der Waals surface area contributed by atoms with E-state index in [-0.39, 0.29) is 4.60 Å². The number of aliphatic hydroxyl groups is 3. The molecule has 4 N–H and O–H groups in total. The van der Waals surface area contributed by atoms with Gasteiger partial charge in [-0.2, -0.15) is 9.78 Å². The average molecular weight is 324 g/mol. The van der Waals surface area contributed by atoms with Crippen molar-refractivity contribution in [2.24, 2.45) is 0 Å². The molecule has 2 heterocycles. The van der Waals surface area contributed by atoms with Crippen LogP contribution in [0, 0.1) is 0 Å². The first-order chi connectivity index (χ1) is 8.45. The standard InChI is InChI=1S/C8H10BrN3O6/c9-5-6(16)10-8(17)12(11-5)7-4(15)3(14)2(1-13)18-7/h2-4,7,13-15H,1H2,(H,10,16,17)/t2-,3?,4?,7-/m0/s1. The van der Waals surface area contributed by atoms with Crippen LogP contribution in [-0.2, 0) is 4.74 Å². The molecular formula is C8H10BrN3O6. The van der Waals surface area contributed by atoms with Gasteiger partial charge in [0.2, 0.25) is 0 Å². The van der Waals surface area contributed by atoms with Crippen LogP contribution in [0.1, 0.15) is 6.23 Å². The van der Waals surface area contributed by atoms with Crippen molar-refractivity contribution in [3.05, 3.63) is 25.4 Å². The Morgan fingerprint density at radius 3 is 2.61 bits per heavy atom. The first kappa shape index (κ1) is 13.4. The van der Waals surface area contributed by atoms with Gasteiger partial charge in [-0.25, -0.2) is 4.79 Å². The molecule has 0 aliphatic carbocycles. The summed E-state index contributed by atoms with van der Waals surface area (Å²) < 4.78 is 5.63. The van der Waals surface area contributed by atoms with Gasteiger partial charge in [0.05, 0.1) is 6.61 Å². The van der Waals surface area contributed by atoms with Crippen molar-refractivity contribution < 1.29 is 20.1 Å². The van der Waals surface area contributed by atoms with Crippen molar-refractivity contribution in [2.45, 2.75) is 24.5 Å². The Morgan fingerprint density at radius 1 is 1.39 bits per heavy atom. The van der Waals surface area contributed by atoms with Gasteiger partial charge < -0.3 is 20.1 Å². The van der Waals surface area contributed by atoms with Gasteiger partial charge >= 0.3 is 5.69 Å². The molecule has 0 aromatic carbocycles. The molecule has 18 heavy (non-hydrogen) atoms. The third-order valence-corrected chi connectivity index (χ3v) is 3.09. The molecule has 9 nitrogen and oxygen atoms in total. The summed E-state index contributed by atoms with van der Waals surface area (Å²) in [6.07, 6.45) is -5.09. The predicted molar refractivity (Wildman–Crippen MR) is 59.8 cm³/mol. The fourth-order valence-electron chi connectivity index (χ4n) is 1.65. The third-order valence-electron chi connectivity index (χ3n) is 2.57. The van der Waals surface area contributed by atoms with Crippen LogP contribution in [0.3, 0.4) is 0 Å². The number of nitrogens with one attached hydrogen (secondary N) is 1. The Balaban J connectivity index is 2.42. The van der Waals surface area contributed by atoms with Crippen molar-refractivity contribution in [1.82, 2.24) is 14.8 Å². The van der Waals surface area contributed by atoms with E-state index in [1.807, 2.05) is 4.98 Å². The minimum atomic E-state index is -1.44. The number of halogens is 1. The highest BCUT2D eigenvalue weighted by molar-refractivity contribution is 9.10. The summed E-state index contributed by atoms with van der Waals surface area (Å²) in [6, 6.07) is 0. The lowest BCUT2D eigenvalue weighted by atomic mass is 10.1. The first-order valence-corrected chi connectivity index (χ1v) is 5.76. The van der Waals surface area contributed by atoms with Gasteiger partial charge in [-0.15, -0.1) is 0 Å². The molecule has 0 bridgehead atoms. The van der Waals surface area contributed by atoms with Crippen molar-refractivity contribution in [1.29, 1.82) is 0 Å². The Kier molecular flexibility index (Phi) is 3.64. The van der Waals surface area contributed by atoms with Gasteiger partial charge in [0.15, 0.2) is 10.8 Å². The van der Waals surface area contributed by atoms with Crippen LogP contribution in [0.15, 0.2) is 14.2 Å². The number of hydrogen-bond acceptors (Lipinski definition) is 7. The van der Waals surface area contributed by atoms with Gasteiger partial charge in [0.25, 0.3) is 5.56 Å². The van der Waals surface area contributed by atoms with Crippen LogP contribution < -0.4 is 11.2 Å². The molecule has 0 saturated carbocycles. The molecule has 1 aromatic rings. The second kappa shape index (κ2) is 4.90. The van der Waals surface area contributed by atoms with E-state index in [1.54, 1.807) is 0 Å². The SMILES string of the molecule is O=c1[nH]c(=O)n([C@H]2O[C@@H](CO)C(O)C2O)nc1Br. The molecule has 1 aliphatic rings. The number of aromatic nitrogens is 3. The zero-order valence-electron chi connectivity index (χ0n) is 8.86. The maximum Gasteiger partial charge on any atom is 0.347 e. The minimum Gasteiger partial charge on any atom is -0.394 e. The summed E-state index contributed by atoms with van der Waals surface area (Å²) in [7, 11) is 0. The van der Waals surface area contributed by atoms with Gasteiger partial charge in [-0.05, 0) is 15.9 Å². The lowest BCUT2D eigenvalue weighted by Crippen LogP contribution is -2.40. The van der Waals surface area contributed by atoms with E-state index in [4.69, 9.17) is 9.84 Å². The largest absolute Gasteiger partial charge is 0.394 e. The normalized spacial score (nSPS) is 31.8. The third kappa shape index (κ3) is 2.12. The number of nitrogens with zero attached hydrogens (tertiary/aromatic N) is 2. The number of aliphatic hydroxyl groups excluding tert-OH is 3. The molecule has 0 spiro atoms. The fourth-order valence-corrected chi connectivity index (χ4v) is 1.92. The molecule has 1 aliphatic heterocycles. The highest BCUT2D eigenvalue weighted by Gasteiger charge is 2.44. The van der Waals surface area contributed by atoms with Gasteiger partial charge in [0.1, 0.15) is 18.3 Å². The monoisotopic (exact) mass is 323 g/mol. The maximum atomic E-state index is 11.5. The number of hydrogen-bond donors (Lipinski definition) is 4. The first-order valence-electron chi connectivity index (χ1n) is 4.96. The molecular weight excluding hydrogens is 314 g/mol. The quantitative estimate of drug-likeness (QED) is 0.465. The molecule has 1 fully saturated rings. The van der Waals surface area contributed by atoms with Crippen LogP contribution in [0.5, 0.6) is 0 Å². The maximum absolute atomic E-state index is 11.5. The van der Waals surface area contributed by atoms with Gasteiger partial charge in [-0.1, -0.05) is 0 Å². The Hall–Kier alpha value is -1.07. The predicted octanol–water partition coefficient (Wildman–Crippen LogP) is -2.69. The highest BCUT2D eigenvalue weighted by Crippen LogP contribution is 2.27.